The van der Waals surface area contributed by atoms with Gasteiger partial charge in [0.15, 0.2) is 0 Å². The van der Waals surface area contributed by atoms with Crippen molar-refractivity contribution < 1.29 is 9.59 Å². The molecule has 1 aliphatic heterocycles. The van der Waals surface area contributed by atoms with Crippen LogP contribution < -0.4 is 5.32 Å². The molecule has 0 bridgehead atoms. The van der Waals surface area contributed by atoms with Crippen molar-refractivity contribution in [3.63, 3.8) is 0 Å². The largest absolute Gasteiger partial charge is 0.347 e. The fourth-order valence-corrected chi connectivity index (χ4v) is 2.66. The molecule has 1 aromatic rings. The van der Waals surface area contributed by atoms with E-state index in [9.17, 15) is 9.59 Å². The number of hydrogen-bond donors (Lipinski definition) is 1. The molecule has 0 radical (unpaired) electrons. The SMILES string of the molecule is Cc1ccc(CC(=O)NCC(=O)N2CCCC(C)C2)cc1. The first-order chi connectivity index (χ1) is 10.0. The number of carbonyl (C=O) groups is 2. The molecule has 1 N–H and O–H groups in total. The summed E-state index contributed by atoms with van der Waals surface area (Å²) < 4.78 is 0. The smallest absolute Gasteiger partial charge is 0.241 e. The second-order valence-electron chi connectivity index (χ2n) is 6.03. The Morgan fingerprint density at radius 2 is 2.00 bits per heavy atom. The van der Waals surface area contributed by atoms with Crippen LogP contribution in [0.15, 0.2) is 24.3 Å². The number of aryl methyl sites for hydroxylation is 1. The van der Waals surface area contributed by atoms with E-state index in [2.05, 4.69) is 12.2 Å². The number of amides is 2. The van der Waals surface area contributed by atoms with Crippen LogP contribution in [0.3, 0.4) is 0 Å². The molecule has 0 saturated carbocycles. The van der Waals surface area contributed by atoms with E-state index >= 15 is 0 Å². The number of rotatable bonds is 4. The Bertz CT molecular complexity index is 496. The minimum atomic E-state index is -0.0998. The third kappa shape index (κ3) is 4.88. The van der Waals surface area contributed by atoms with Gasteiger partial charge in [0.05, 0.1) is 13.0 Å². The zero-order chi connectivity index (χ0) is 15.2. The predicted molar refractivity (Wildman–Crippen MR) is 82.9 cm³/mol. The van der Waals surface area contributed by atoms with Crippen molar-refractivity contribution in [1.82, 2.24) is 10.2 Å². The zero-order valence-corrected chi connectivity index (χ0v) is 12.9. The minimum absolute atomic E-state index is 0.0267. The van der Waals surface area contributed by atoms with Crippen molar-refractivity contribution in [3.05, 3.63) is 35.4 Å². The molecule has 0 aliphatic carbocycles. The third-order valence-electron chi connectivity index (χ3n) is 3.93. The quantitative estimate of drug-likeness (QED) is 0.920. The Kier molecular flexibility index (Phi) is 5.37. The molecule has 1 saturated heterocycles. The van der Waals surface area contributed by atoms with Gasteiger partial charge in [-0.1, -0.05) is 36.8 Å². The second-order valence-corrected chi connectivity index (χ2v) is 6.03. The molecule has 0 aromatic heterocycles. The van der Waals surface area contributed by atoms with Gasteiger partial charge in [0.25, 0.3) is 0 Å². The Morgan fingerprint density at radius 3 is 2.67 bits per heavy atom. The first kappa shape index (κ1) is 15.5. The normalized spacial score (nSPS) is 18.4. The molecule has 1 atom stereocenters. The molecule has 1 fully saturated rings. The van der Waals surface area contributed by atoms with Gasteiger partial charge in [0, 0.05) is 13.1 Å². The predicted octanol–water partition coefficient (Wildman–Crippen LogP) is 1.91. The van der Waals surface area contributed by atoms with Crippen LogP contribution in [-0.4, -0.2) is 36.3 Å². The Morgan fingerprint density at radius 1 is 1.29 bits per heavy atom. The van der Waals surface area contributed by atoms with Gasteiger partial charge in [-0.2, -0.15) is 0 Å². The summed E-state index contributed by atoms with van der Waals surface area (Å²) in [5, 5.41) is 2.73. The maximum Gasteiger partial charge on any atom is 0.241 e. The number of carbonyl (C=O) groups excluding carboxylic acids is 2. The van der Waals surface area contributed by atoms with Crippen molar-refractivity contribution >= 4 is 11.8 Å². The van der Waals surface area contributed by atoms with Crippen LogP contribution in [0.4, 0.5) is 0 Å². The van der Waals surface area contributed by atoms with E-state index in [-0.39, 0.29) is 18.4 Å². The van der Waals surface area contributed by atoms with Gasteiger partial charge >= 0.3 is 0 Å². The van der Waals surface area contributed by atoms with Gasteiger partial charge in [-0.3, -0.25) is 9.59 Å². The Labute approximate surface area is 126 Å². The summed E-state index contributed by atoms with van der Waals surface area (Å²) >= 11 is 0. The standard InChI is InChI=1S/C17H24N2O2/c1-13-5-7-15(8-6-13)10-16(20)18-11-17(21)19-9-3-4-14(2)12-19/h5-8,14H,3-4,9-12H2,1-2H3,(H,18,20). The molecular weight excluding hydrogens is 264 g/mol. The summed E-state index contributed by atoms with van der Waals surface area (Å²) in [5.41, 5.74) is 2.14. The number of nitrogens with one attached hydrogen (secondary N) is 1. The lowest BCUT2D eigenvalue weighted by molar-refractivity contribution is -0.134. The van der Waals surface area contributed by atoms with Crippen molar-refractivity contribution in [2.24, 2.45) is 5.92 Å². The van der Waals surface area contributed by atoms with E-state index in [1.54, 1.807) is 0 Å². The molecule has 2 amide bonds. The average Bonchev–Trinajstić information content (AvgIpc) is 2.47. The minimum Gasteiger partial charge on any atom is -0.347 e. The molecule has 0 spiro atoms. The summed E-state index contributed by atoms with van der Waals surface area (Å²) in [6.45, 7) is 5.92. The van der Waals surface area contributed by atoms with Gasteiger partial charge in [-0.15, -0.1) is 0 Å². The lowest BCUT2D eigenvalue weighted by Gasteiger charge is -2.31. The van der Waals surface area contributed by atoms with Crippen molar-refractivity contribution in [1.29, 1.82) is 0 Å². The highest BCUT2D eigenvalue weighted by Crippen LogP contribution is 2.15. The highest BCUT2D eigenvalue weighted by atomic mass is 16.2. The number of piperidine rings is 1. The lowest BCUT2D eigenvalue weighted by Crippen LogP contribution is -2.44. The van der Waals surface area contributed by atoms with Crippen LogP contribution in [0.5, 0.6) is 0 Å². The van der Waals surface area contributed by atoms with E-state index in [1.165, 1.54) is 12.0 Å². The lowest BCUT2D eigenvalue weighted by atomic mass is 10.0. The maximum absolute atomic E-state index is 12.1. The molecule has 4 heteroatoms. The molecule has 2 rings (SSSR count). The van der Waals surface area contributed by atoms with Gasteiger partial charge < -0.3 is 10.2 Å². The molecule has 21 heavy (non-hydrogen) atoms. The zero-order valence-electron chi connectivity index (χ0n) is 12.9. The Balaban J connectivity index is 1.75. The molecule has 4 nitrogen and oxygen atoms in total. The van der Waals surface area contributed by atoms with Crippen molar-refractivity contribution in [2.45, 2.75) is 33.1 Å². The summed E-state index contributed by atoms with van der Waals surface area (Å²) in [7, 11) is 0. The third-order valence-corrected chi connectivity index (χ3v) is 3.93. The molecule has 1 aliphatic rings. The van der Waals surface area contributed by atoms with Crippen molar-refractivity contribution in [2.75, 3.05) is 19.6 Å². The topological polar surface area (TPSA) is 49.4 Å². The van der Waals surface area contributed by atoms with Gasteiger partial charge in [0.1, 0.15) is 0 Å². The van der Waals surface area contributed by atoms with Crippen LogP contribution >= 0.6 is 0 Å². The average molecular weight is 288 g/mol. The van der Waals surface area contributed by atoms with Gasteiger partial charge in [-0.05, 0) is 31.2 Å². The monoisotopic (exact) mass is 288 g/mol. The Hall–Kier alpha value is -1.84. The highest BCUT2D eigenvalue weighted by Gasteiger charge is 2.20. The van der Waals surface area contributed by atoms with Crippen LogP contribution in [0.2, 0.25) is 0 Å². The second kappa shape index (κ2) is 7.25. The maximum atomic E-state index is 12.1. The number of likely N-dealkylation sites (tertiary alicyclic amines) is 1. The first-order valence-corrected chi connectivity index (χ1v) is 7.64. The number of benzene rings is 1. The van der Waals surface area contributed by atoms with Crippen LogP contribution in [0.1, 0.15) is 30.9 Å². The van der Waals surface area contributed by atoms with Crippen LogP contribution in [0.25, 0.3) is 0 Å². The first-order valence-electron chi connectivity index (χ1n) is 7.64. The summed E-state index contributed by atoms with van der Waals surface area (Å²) in [6.07, 6.45) is 2.57. The summed E-state index contributed by atoms with van der Waals surface area (Å²) in [6, 6.07) is 7.87. The highest BCUT2D eigenvalue weighted by molar-refractivity contribution is 5.85. The fraction of sp³-hybridized carbons (Fsp3) is 0.529. The number of nitrogens with zero attached hydrogens (tertiary/aromatic N) is 1. The van der Waals surface area contributed by atoms with Gasteiger partial charge in [0.2, 0.25) is 11.8 Å². The van der Waals surface area contributed by atoms with E-state index in [4.69, 9.17) is 0 Å². The molecule has 1 aromatic carbocycles. The van der Waals surface area contributed by atoms with Crippen molar-refractivity contribution in [3.8, 4) is 0 Å². The van der Waals surface area contributed by atoms with Crippen LogP contribution in [0, 0.1) is 12.8 Å². The van der Waals surface area contributed by atoms with E-state index in [1.807, 2.05) is 36.1 Å². The molecule has 1 unspecified atom stereocenters. The van der Waals surface area contributed by atoms with Gasteiger partial charge in [-0.25, -0.2) is 0 Å². The van der Waals surface area contributed by atoms with E-state index in [0.717, 1.165) is 25.1 Å². The molecular formula is C17H24N2O2. The summed E-state index contributed by atoms with van der Waals surface area (Å²) in [5.74, 6) is 0.488. The summed E-state index contributed by atoms with van der Waals surface area (Å²) in [4.78, 5) is 25.8. The van der Waals surface area contributed by atoms with E-state index < -0.39 is 0 Å². The number of hydrogen-bond acceptors (Lipinski definition) is 2. The van der Waals surface area contributed by atoms with E-state index in [0.29, 0.717) is 12.3 Å². The fourth-order valence-electron chi connectivity index (χ4n) is 2.66. The molecule has 1 heterocycles. The molecule has 114 valence electrons. The van der Waals surface area contributed by atoms with Crippen LogP contribution in [-0.2, 0) is 16.0 Å².